The Kier molecular flexibility index (Phi) is 4.37. The van der Waals surface area contributed by atoms with Crippen LogP contribution in [0.25, 0.3) is 0 Å². The normalized spacial score (nSPS) is 16.1. The first-order valence-electron chi connectivity index (χ1n) is 6.64. The third kappa shape index (κ3) is 3.44. The maximum atomic E-state index is 11.0. The van der Waals surface area contributed by atoms with Crippen LogP contribution >= 0.6 is 0 Å². The summed E-state index contributed by atoms with van der Waals surface area (Å²) in [6.45, 7) is 0. The second kappa shape index (κ2) is 6.02. The largest absolute Gasteiger partial charge is 0.490 e. The summed E-state index contributed by atoms with van der Waals surface area (Å²) in [5, 5.41) is 14.3. The van der Waals surface area contributed by atoms with Crippen LogP contribution in [0.5, 0.6) is 5.75 Å². The highest BCUT2D eigenvalue weighted by atomic mass is 16.6. The van der Waals surface area contributed by atoms with Crippen molar-refractivity contribution in [1.82, 2.24) is 5.32 Å². The minimum atomic E-state index is -0.390. The Morgan fingerprint density at radius 3 is 2.79 bits per heavy atom. The van der Waals surface area contributed by atoms with Gasteiger partial charge in [-0.15, -0.1) is 0 Å². The summed E-state index contributed by atoms with van der Waals surface area (Å²) in [6, 6.07) is 5.74. The monoisotopic (exact) mass is 264 g/mol. The van der Waals surface area contributed by atoms with Gasteiger partial charge >= 0.3 is 5.69 Å². The van der Waals surface area contributed by atoms with E-state index in [0.29, 0.717) is 11.8 Å². The zero-order valence-corrected chi connectivity index (χ0v) is 11.4. The van der Waals surface area contributed by atoms with Crippen molar-refractivity contribution in [3.8, 4) is 5.75 Å². The molecule has 1 N–H and O–H groups in total. The van der Waals surface area contributed by atoms with E-state index >= 15 is 0 Å². The molecule has 0 radical (unpaired) electrons. The molecule has 1 aliphatic carbocycles. The highest BCUT2D eigenvalue weighted by Crippen LogP contribution is 2.35. The Hall–Kier alpha value is -1.62. The maximum absolute atomic E-state index is 11.0. The van der Waals surface area contributed by atoms with Crippen molar-refractivity contribution in [1.29, 1.82) is 0 Å². The molecule has 2 rings (SSSR count). The number of aryl methyl sites for hydroxylation is 1. The third-order valence-electron chi connectivity index (χ3n) is 3.75. The van der Waals surface area contributed by atoms with Crippen molar-refractivity contribution in [2.24, 2.45) is 5.92 Å². The smallest absolute Gasteiger partial charge is 0.311 e. The fourth-order valence-corrected chi connectivity index (χ4v) is 2.47. The van der Waals surface area contributed by atoms with Crippen LogP contribution in [0.1, 0.15) is 24.8 Å². The number of nitrogens with one attached hydrogen (secondary N) is 1. The molecular formula is C14H20N2O3. The number of nitrogens with zero attached hydrogens (tertiary/aromatic N) is 1. The predicted molar refractivity (Wildman–Crippen MR) is 73.5 cm³/mol. The average Bonchev–Trinajstić information content (AvgIpc) is 3.24. The van der Waals surface area contributed by atoms with E-state index in [1.807, 2.05) is 13.1 Å². The molecule has 0 aromatic heterocycles. The van der Waals surface area contributed by atoms with E-state index in [4.69, 9.17) is 4.74 Å². The van der Waals surface area contributed by atoms with Crippen LogP contribution in [-0.2, 0) is 6.42 Å². The molecule has 19 heavy (non-hydrogen) atoms. The lowest BCUT2D eigenvalue weighted by Gasteiger charge is -2.15. The lowest BCUT2D eigenvalue weighted by molar-refractivity contribution is -0.385. The summed E-state index contributed by atoms with van der Waals surface area (Å²) in [4.78, 5) is 10.6. The molecule has 1 unspecified atom stereocenters. The molecular weight excluding hydrogens is 244 g/mol. The van der Waals surface area contributed by atoms with E-state index in [-0.39, 0.29) is 5.69 Å². The summed E-state index contributed by atoms with van der Waals surface area (Å²) >= 11 is 0. The van der Waals surface area contributed by atoms with Crippen LogP contribution in [-0.4, -0.2) is 25.1 Å². The van der Waals surface area contributed by atoms with Gasteiger partial charge in [-0.2, -0.15) is 0 Å². The van der Waals surface area contributed by atoms with E-state index in [2.05, 4.69) is 5.32 Å². The number of methoxy groups -OCH3 is 1. The molecule has 1 aliphatic rings. The summed E-state index contributed by atoms with van der Waals surface area (Å²) in [5.41, 5.74) is 1.04. The summed E-state index contributed by atoms with van der Waals surface area (Å²) < 4.78 is 5.00. The van der Waals surface area contributed by atoms with Crippen LogP contribution in [0.4, 0.5) is 5.69 Å². The Labute approximate surface area is 113 Å². The fourth-order valence-electron chi connectivity index (χ4n) is 2.47. The van der Waals surface area contributed by atoms with Crippen molar-refractivity contribution >= 4 is 5.69 Å². The Morgan fingerprint density at radius 1 is 1.53 bits per heavy atom. The van der Waals surface area contributed by atoms with Gasteiger partial charge in [0.2, 0.25) is 0 Å². The number of nitro benzene ring substituents is 1. The van der Waals surface area contributed by atoms with Crippen LogP contribution < -0.4 is 10.1 Å². The Morgan fingerprint density at radius 2 is 2.26 bits per heavy atom. The standard InChI is InChI=1S/C14H20N2O3/c1-15-12(11-5-6-11)7-3-10-4-8-14(19-2)13(9-10)16(17)18/h4,8-9,11-12,15H,3,5-7H2,1-2H3. The van der Waals surface area contributed by atoms with E-state index in [1.165, 1.54) is 20.0 Å². The van der Waals surface area contributed by atoms with Gasteiger partial charge in [0.05, 0.1) is 12.0 Å². The number of nitro groups is 1. The van der Waals surface area contributed by atoms with E-state index in [0.717, 1.165) is 24.3 Å². The molecule has 0 heterocycles. The maximum Gasteiger partial charge on any atom is 0.311 e. The minimum Gasteiger partial charge on any atom is -0.490 e. The van der Waals surface area contributed by atoms with Crippen molar-refractivity contribution in [2.45, 2.75) is 31.7 Å². The zero-order valence-electron chi connectivity index (χ0n) is 11.4. The van der Waals surface area contributed by atoms with Crippen molar-refractivity contribution in [2.75, 3.05) is 14.2 Å². The SMILES string of the molecule is CNC(CCc1ccc(OC)c([N+](=O)[O-])c1)C1CC1. The van der Waals surface area contributed by atoms with Crippen molar-refractivity contribution in [3.63, 3.8) is 0 Å². The molecule has 104 valence electrons. The van der Waals surface area contributed by atoms with E-state index < -0.39 is 4.92 Å². The van der Waals surface area contributed by atoms with Gasteiger partial charge in [0, 0.05) is 12.1 Å². The number of hydrogen-bond donors (Lipinski definition) is 1. The van der Waals surface area contributed by atoms with Gasteiger partial charge in [-0.05, 0) is 50.3 Å². The topological polar surface area (TPSA) is 64.4 Å². The van der Waals surface area contributed by atoms with Gasteiger partial charge in [-0.1, -0.05) is 6.07 Å². The minimum absolute atomic E-state index is 0.0485. The quantitative estimate of drug-likeness (QED) is 0.607. The van der Waals surface area contributed by atoms with Crippen molar-refractivity contribution in [3.05, 3.63) is 33.9 Å². The van der Waals surface area contributed by atoms with Gasteiger partial charge in [0.25, 0.3) is 0 Å². The molecule has 0 aliphatic heterocycles. The molecule has 0 amide bonds. The van der Waals surface area contributed by atoms with E-state index in [1.54, 1.807) is 12.1 Å². The number of benzene rings is 1. The second-order valence-electron chi connectivity index (χ2n) is 5.03. The highest BCUT2D eigenvalue weighted by Gasteiger charge is 2.29. The fraction of sp³-hybridized carbons (Fsp3) is 0.571. The van der Waals surface area contributed by atoms with Gasteiger partial charge < -0.3 is 10.1 Å². The average molecular weight is 264 g/mol. The van der Waals surface area contributed by atoms with Gasteiger partial charge in [-0.3, -0.25) is 10.1 Å². The first kappa shape index (κ1) is 13.8. The van der Waals surface area contributed by atoms with Crippen molar-refractivity contribution < 1.29 is 9.66 Å². The molecule has 1 fully saturated rings. The zero-order chi connectivity index (χ0) is 13.8. The molecule has 5 heteroatoms. The number of hydrogen-bond acceptors (Lipinski definition) is 4. The lowest BCUT2D eigenvalue weighted by atomic mass is 10.0. The van der Waals surface area contributed by atoms with Gasteiger partial charge in [0.15, 0.2) is 5.75 Å². The number of rotatable bonds is 7. The molecule has 1 aromatic rings. The molecule has 0 bridgehead atoms. The van der Waals surface area contributed by atoms with Gasteiger partial charge in [-0.25, -0.2) is 0 Å². The Bertz CT molecular complexity index is 458. The molecule has 0 spiro atoms. The first-order valence-corrected chi connectivity index (χ1v) is 6.64. The van der Waals surface area contributed by atoms with Gasteiger partial charge in [0.1, 0.15) is 0 Å². The van der Waals surface area contributed by atoms with Crippen LogP contribution in [0.3, 0.4) is 0 Å². The molecule has 1 atom stereocenters. The highest BCUT2D eigenvalue weighted by molar-refractivity contribution is 5.48. The van der Waals surface area contributed by atoms with Crippen LogP contribution in [0, 0.1) is 16.0 Å². The molecule has 1 aromatic carbocycles. The molecule has 1 saturated carbocycles. The molecule has 5 nitrogen and oxygen atoms in total. The Balaban J connectivity index is 2.03. The second-order valence-corrected chi connectivity index (χ2v) is 5.03. The lowest BCUT2D eigenvalue weighted by Crippen LogP contribution is -2.27. The third-order valence-corrected chi connectivity index (χ3v) is 3.75. The van der Waals surface area contributed by atoms with Crippen LogP contribution in [0.15, 0.2) is 18.2 Å². The van der Waals surface area contributed by atoms with E-state index in [9.17, 15) is 10.1 Å². The first-order chi connectivity index (χ1) is 9.15. The molecule has 0 saturated heterocycles. The summed E-state index contributed by atoms with van der Waals surface area (Å²) in [7, 11) is 3.44. The van der Waals surface area contributed by atoms with Crippen LogP contribution in [0.2, 0.25) is 0 Å². The summed E-state index contributed by atoms with van der Waals surface area (Å²) in [6.07, 6.45) is 4.47. The summed E-state index contributed by atoms with van der Waals surface area (Å²) in [5.74, 6) is 1.11. The predicted octanol–water partition coefficient (Wildman–Crippen LogP) is 2.53. The number of ether oxygens (including phenoxy) is 1.